The van der Waals surface area contributed by atoms with Gasteiger partial charge in [0.1, 0.15) is 0 Å². The van der Waals surface area contributed by atoms with E-state index in [4.69, 9.17) is 0 Å². The molecule has 0 N–H and O–H groups in total. The highest BCUT2D eigenvalue weighted by atomic mass is 32.1. The highest BCUT2D eigenvalue weighted by Crippen LogP contribution is 2.47. The van der Waals surface area contributed by atoms with Gasteiger partial charge >= 0.3 is 0 Å². The van der Waals surface area contributed by atoms with Gasteiger partial charge in [0.25, 0.3) is 0 Å². The maximum atomic E-state index is 2.45. The number of fused-ring (bicyclic) bond motifs is 6. The molecule has 1 aromatic heterocycles. The Labute approximate surface area is 377 Å². The Morgan fingerprint density at radius 1 is 0.219 bits per heavy atom. The van der Waals surface area contributed by atoms with Crippen molar-refractivity contribution in [1.82, 2.24) is 0 Å². The van der Waals surface area contributed by atoms with E-state index in [-0.39, 0.29) is 0 Å². The fourth-order valence-electron chi connectivity index (χ4n) is 9.64. The van der Waals surface area contributed by atoms with E-state index in [9.17, 15) is 0 Å². The van der Waals surface area contributed by atoms with Crippen LogP contribution in [-0.4, -0.2) is 0 Å². The molecule has 2 heteroatoms. The number of benzene rings is 11. The lowest BCUT2D eigenvalue weighted by atomic mass is 9.84. The molecule has 0 radical (unpaired) electrons. The molecule has 0 aliphatic heterocycles. The zero-order chi connectivity index (χ0) is 42.4. The monoisotopic (exact) mass is 831 g/mol. The molecular weight excluding hydrogens is 791 g/mol. The summed E-state index contributed by atoms with van der Waals surface area (Å²) < 4.78 is 2.57. The second kappa shape index (κ2) is 16.0. The SMILES string of the molecule is c1ccc(-c2cc(-c3ccccc3)cc(N(c3cccc(-c4ccc5c(c4)c(-c4ccccc4)c(-c4ccccc4)c4ccccc45)c3)c3ccc4c(c3)sc3ccccc34)c2)cc1. The van der Waals surface area contributed by atoms with Crippen LogP contribution in [0, 0.1) is 0 Å². The molecule has 0 saturated heterocycles. The van der Waals surface area contributed by atoms with Crippen LogP contribution >= 0.6 is 11.3 Å². The van der Waals surface area contributed by atoms with Gasteiger partial charge in [-0.05, 0) is 132 Å². The Bertz CT molecular complexity index is 3590. The smallest absolute Gasteiger partial charge is 0.0476 e. The normalized spacial score (nSPS) is 11.4. The molecule has 0 aliphatic rings. The van der Waals surface area contributed by atoms with E-state index < -0.39 is 0 Å². The standard InChI is InChI=1S/C62H41NS/c1-5-18-42(19-6-1)48-36-49(43-20-7-2-8-21-43)39-52(38-48)63(51-33-35-56-55-29-15-16-31-59(55)64-60(56)41-51)50-27-17-26-46(37-50)47-32-34-54-53-28-13-14-30-57(53)61(44-22-9-3-10-23-44)62(58(54)40-47)45-24-11-4-12-25-45/h1-41H. The van der Waals surface area contributed by atoms with Gasteiger partial charge in [-0.1, -0.05) is 194 Å². The lowest BCUT2D eigenvalue weighted by molar-refractivity contribution is 1.29. The van der Waals surface area contributed by atoms with Gasteiger partial charge in [0, 0.05) is 37.2 Å². The first kappa shape index (κ1) is 37.7. The second-order valence-corrected chi connectivity index (χ2v) is 17.5. The van der Waals surface area contributed by atoms with E-state index in [1.807, 2.05) is 11.3 Å². The highest BCUT2D eigenvalue weighted by Gasteiger charge is 2.21. The van der Waals surface area contributed by atoms with Gasteiger partial charge in [-0.2, -0.15) is 0 Å². The Morgan fingerprint density at radius 2 is 0.672 bits per heavy atom. The molecule has 12 rings (SSSR count). The van der Waals surface area contributed by atoms with Gasteiger partial charge < -0.3 is 4.90 Å². The van der Waals surface area contributed by atoms with Crippen LogP contribution in [0.5, 0.6) is 0 Å². The van der Waals surface area contributed by atoms with Crippen LogP contribution in [0.15, 0.2) is 249 Å². The fraction of sp³-hybridized carbons (Fsp3) is 0. The summed E-state index contributed by atoms with van der Waals surface area (Å²) in [5.41, 5.74) is 15.3. The Kier molecular flexibility index (Phi) is 9.43. The van der Waals surface area contributed by atoms with Crippen LogP contribution in [0.2, 0.25) is 0 Å². The highest BCUT2D eigenvalue weighted by molar-refractivity contribution is 7.25. The van der Waals surface area contributed by atoms with Crippen LogP contribution in [0.3, 0.4) is 0 Å². The summed E-state index contributed by atoms with van der Waals surface area (Å²) in [5.74, 6) is 0. The van der Waals surface area contributed by atoms with Gasteiger partial charge in [0.05, 0.1) is 0 Å². The summed E-state index contributed by atoms with van der Waals surface area (Å²) in [7, 11) is 0. The van der Waals surface area contributed by atoms with Crippen molar-refractivity contribution < 1.29 is 0 Å². The van der Waals surface area contributed by atoms with Crippen molar-refractivity contribution >= 4 is 70.1 Å². The molecule has 0 fully saturated rings. The predicted octanol–water partition coefficient (Wildman–Crippen LogP) is 18.2. The zero-order valence-electron chi connectivity index (χ0n) is 35.0. The van der Waals surface area contributed by atoms with Gasteiger partial charge in [0.15, 0.2) is 0 Å². The van der Waals surface area contributed by atoms with Crippen LogP contribution in [-0.2, 0) is 0 Å². The third-order valence-electron chi connectivity index (χ3n) is 12.6. The molecule has 0 amide bonds. The first-order valence-corrected chi connectivity index (χ1v) is 22.7. The van der Waals surface area contributed by atoms with E-state index >= 15 is 0 Å². The van der Waals surface area contributed by atoms with Gasteiger partial charge in [-0.15, -0.1) is 11.3 Å². The van der Waals surface area contributed by atoms with Crippen LogP contribution < -0.4 is 4.90 Å². The lowest BCUT2D eigenvalue weighted by Gasteiger charge is -2.27. The Morgan fingerprint density at radius 3 is 1.33 bits per heavy atom. The molecule has 0 atom stereocenters. The van der Waals surface area contributed by atoms with Crippen molar-refractivity contribution in [3.63, 3.8) is 0 Å². The minimum absolute atomic E-state index is 1.09. The number of rotatable bonds is 8. The van der Waals surface area contributed by atoms with E-state index in [2.05, 4.69) is 254 Å². The summed E-state index contributed by atoms with van der Waals surface area (Å²) in [6, 6.07) is 91.1. The molecule has 64 heavy (non-hydrogen) atoms. The molecular formula is C62H41NS. The Balaban J connectivity index is 1.09. The molecule has 0 bridgehead atoms. The second-order valence-electron chi connectivity index (χ2n) is 16.5. The van der Waals surface area contributed by atoms with Crippen molar-refractivity contribution in [2.24, 2.45) is 0 Å². The number of nitrogens with zero attached hydrogens (tertiary/aromatic N) is 1. The minimum atomic E-state index is 1.09. The summed E-state index contributed by atoms with van der Waals surface area (Å²) in [4.78, 5) is 2.45. The molecule has 1 nitrogen and oxygen atoms in total. The number of thiophene rings is 1. The van der Waals surface area contributed by atoms with Crippen molar-refractivity contribution in [2.45, 2.75) is 0 Å². The predicted molar refractivity (Wildman–Crippen MR) is 276 cm³/mol. The summed E-state index contributed by atoms with van der Waals surface area (Å²) >= 11 is 1.86. The Hall–Kier alpha value is -8.04. The summed E-state index contributed by atoms with van der Waals surface area (Å²) in [6.45, 7) is 0. The molecule has 300 valence electrons. The van der Waals surface area contributed by atoms with Crippen molar-refractivity contribution in [3.8, 4) is 55.6 Å². The number of hydrogen-bond donors (Lipinski definition) is 0. The number of anilines is 3. The van der Waals surface area contributed by atoms with E-state index in [0.29, 0.717) is 0 Å². The van der Waals surface area contributed by atoms with E-state index in [1.165, 1.54) is 91.8 Å². The third-order valence-corrected chi connectivity index (χ3v) is 13.7. The minimum Gasteiger partial charge on any atom is -0.310 e. The van der Waals surface area contributed by atoms with Crippen molar-refractivity contribution in [3.05, 3.63) is 249 Å². The average Bonchev–Trinajstić information content (AvgIpc) is 3.75. The maximum Gasteiger partial charge on any atom is 0.0476 e. The van der Waals surface area contributed by atoms with Gasteiger partial charge in [-0.25, -0.2) is 0 Å². The summed E-state index contributed by atoms with van der Waals surface area (Å²) in [5, 5.41) is 7.59. The first-order valence-electron chi connectivity index (χ1n) is 21.9. The van der Waals surface area contributed by atoms with Gasteiger partial charge in [-0.3, -0.25) is 0 Å². The van der Waals surface area contributed by atoms with Crippen LogP contribution in [0.25, 0.3) is 97.4 Å². The largest absolute Gasteiger partial charge is 0.310 e. The molecule has 0 unspecified atom stereocenters. The maximum absolute atomic E-state index is 2.45. The lowest BCUT2D eigenvalue weighted by Crippen LogP contribution is -2.10. The molecule has 1 heterocycles. The quantitative estimate of drug-likeness (QED) is 0.138. The van der Waals surface area contributed by atoms with Gasteiger partial charge in [0.2, 0.25) is 0 Å². The number of hydrogen-bond acceptors (Lipinski definition) is 2. The molecule has 0 aliphatic carbocycles. The topological polar surface area (TPSA) is 3.24 Å². The van der Waals surface area contributed by atoms with E-state index in [1.54, 1.807) is 0 Å². The zero-order valence-corrected chi connectivity index (χ0v) is 35.8. The van der Waals surface area contributed by atoms with Crippen molar-refractivity contribution in [2.75, 3.05) is 4.90 Å². The van der Waals surface area contributed by atoms with Crippen LogP contribution in [0.1, 0.15) is 0 Å². The molecule has 0 saturated carbocycles. The molecule has 11 aromatic carbocycles. The fourth-order valence-corrected chi connectivity index (χ4v) is 10.8. The third kappa shape index (κ3) is 6.73. The van der Waals surface area contributed by atoms with E-state index in [0.717, 1.165) is 22.6 Å². The molecule has 0 spiro atoms. The first-order chi connectivity index (χ1) is 31.7. The van der Waals surface area contributed by atoms with Crippen LogP contribution in [0.4, 0.5) is 17.1 Å². The molecule has 12 aromatic rings. The summed E-state index contributed by atoms with van der Waals surface area (Å²) in [6.07, 6.45) is 0. The van der Waals surface area contributed by atoms with Crippen molar-refractivity contribution in [1.29, 1.82) is 0 Å². The average molecular weight is 832 g/mol.